The minimum Gasteiger partial charge on any atom is -0.479 e. The second kappa shape index (κ2) is 16.3. The Labute approximate surface area is 231 Å². The molecule has 1 aliphatic heterocycles. The molecular weight excluding hydrogens is 539 g/mol. The highest BCUT2D eigenvalue weighted by Gasteiger charge is 2.31. The first-order valence-corrected chi connectivity index (χ1v) is 12.5. The number of benzene rings is 2. The second-order valence-corrected chi connectivity index (χ2v) is 9.44. The number of aliphatic carboxylic acids is 2. The Morgan fingerprint density at radius 2 is 1.55 bits per heavy atom. The van der Waals surface area contributed by atoms with Gasteiger partial charge in [0.2, 0.25) is 5.91 Å². The number of likely N-dealkylation sites (N-methyl/N-ethyl adjacent to an activating group) is 1. The number of hydrogen-bond acceptors (Lipinski definition) is 7. The molecule has 0 aromatic heterocycles. The van der Waals surface area contributed by atoms with E-state index in [0.717, 1.165) is 25.1 Å². The third-order valence-corrected chi connectivity index (χ3v) is 6.15. The molecule has 0 saturated heterocycles. The molecule has 1 aliphatic rings. The van der Waals surface area contributed by atoms with E-state index < -0.39 is 24.1 Å². The highest BCUT2D eigenvalue weighted by atomic mass is 35.5. The van der Waals surface area contributed by atoms with Crippen molar-refractivity contribution >= 4 is 41.0 Å². The molecule has 3 rings (SSSR count). The van der Waals surface area contributed by atoms with Crippen LogP contribution in [0.15, 0.2) is 42.5 Å². The first-order valence-electron chi connectivity index (χ1n) is 11.7. The van der Waals surface area contributed by atoms with Crippen LogP contribution in [0.25, 0.3) is 0 Å². The fourth-order valence-electron chi connectivity index (χ4n) is 3.69. The van der Waals surface area contributed by atoms with Crippen LogP contribution in [0.5, 0.6) is 0 Å². The molecule has 210 valence electrons. The maximum absolute atomic E-state index is 13.0. The summed E-state index contributed by atoms with van der Waals surface area (Å²) < 4.78 is 0. The molecule has 12 heteroatoms. The fourth-order valence-corrected chi connectivity index (χ4v) is 4.01. The van der Waals surface area contributed by atoms with Crippen LogP contribution in [-0.4, -0.2) is 99.2 Å². The van der Waals surface area contributed by atoms with E-state index in [4.69, 9.17) is 48.7 Å². The smallest absolute Gasteiger partial charge is 0.335 e. The summed E-state index contributed by atoms with van der Waals surface area (Å²) in [7, 11) is 4.08. The lowest BCUT2D eigenvalue weighted by Crippen LogP contribution is -2.44. The number of fused-ring (bicyclic) bond motifs is 1. The third kappa shape index (κ3) is 10.2. The van der Waals surface area contributed by atoms with Crippen molar-refractivity contribution in [2.75, 3.05) is 33.8 Å². The SMILES string of the molecule is CCO.CN(C)CC1c2ccccc2CCN1C(=O)Cc1ccc(Cl)c(Cl)c1.O=C(O)C(O)C(O)C(=O)O. The number of carbonyl (C=O) groups is 3. The summed E-state index contributed by atoms with van der Waals surface area (Å²) in [6, 6.07) is 13.9. The molecule has 1 heterocycles. The Hall–Kier alpha value is -2.73. The van der Waals surface area contributed by atoms with Gasteiger partial charge in [-0.05, 0) is 56.3 Å². The number of hydrogen-bond donors (Lipinski definition) is 5. The highest BCUT2D eigenvalue weighted by molar-refractivity contribution is 6.42. The lowest BCUT2D eigenvalue weighted by molar-refractivity contribution is -0.165. The first kappa shape index (κ1) is 33.3. The monoisotopic (exact) mass is 572 g/mol. The van der Waals surface area contributed by atoms with Crippen molar-refractivity contribution in [1.82, 2.24) is 9.80 Å². The summed E-state index contributed by atoms with van der Waals surface area (Å²) in [5.74, 6) is -3.41. The van der Waals surface area contributed by atoms with Gasteiger partial charge >= 0.3 is 11.9 Å². The topological polar surface area (TPSA) is 159 Å². The summed E-state index contributed by atoms with van der Waals surface area (Å²) >= 11 is 12.1. The van der Waals surface area contributed by atoms with Gasteiger partial charge in [-0.1, -0.05) is 53.5 Å². The van der Waals surface area contributed by atoms with Crippen molar-refractivity contribution in [2.45, 2.75) is 38.0 Å². The first-order chi connectivity index (χ1) is 17.8. The van der Waals surface area contributed by atoms with Crippen molar-refractivity contribution in [3.8, 4) is 0 Å². The van der Waals surface area contributed by atoms with Crippen LogP contribution in [0.2, 0.25) is 10.0 Å². The van der Waals surface area contributed by atoms with Crippen LogP contribution in [0.1, 0.15) is 29.7 Å². The number of carbonyl (C=O) groups excluding carboxylic acids is 1. The molecule has 0 fully saturated rings. The Kier molecular flexibility index (Phi) is 14.3. The van der Waals surface area contributed by atoms with Crippen LogP contribution < -0.4 is 0 Å². The van der Waals surface area contributed by atoms with Crippen molar-refractivity contribution < 1.29 is 39.9 Å². The van der Waals surface area contributed by atoms with E-state index in [1.54, 1.807) is 19.1 Å². The van der Waals surface area contributed by atoms with Gasteiger partial charge in [0.1, 0.15) is 0 Å². The van der Waals surface area contributed by atoms with Gasteiger partial charge in [-0.2, -0.15) is 0 Å². The maximum Gasteiger partial charge on any atom is 0.335 e. The summed E-state index contributed by atoms with van der Waals surface area (Å²) in [5, 5.41) is 41.1. The molecule has 2 aromatic carbocycles. The molecule has 2 aromatic rings. The predicted octanol–water partition coefficient (Wildman–Crippen LogP) is 2.10. The van der Waals surface area contributed by atoms with Crippen LogP contribution in [0.4, 0.5) is 0 Å². The number of halogens is 2. The Morgan fingerprint density at radius 3 is 2.05 bits per heavy atom. The molecule has 0 saturated carbocycles. The van der Waals surface area contributed by atoms with E-state index >= 15 is 0 Å². The maximum atomic E-state index is 13.0. The number of aliphatic hydroxyl groups excluding tert-OH is 3. The molecule has 10 nitrogen and oxygen atoms in total. The third-order valence-electron chi connectivity index (χ3n) is 5.42. The molecule has 0 radical (unpaired) electrons. The fraction of sp³-hybridized carbons (Fsp3) is 0.423. The van der Waals surface area contributed by atoms with Gasteiger partial charge in [0, 0.05) is 19.7 Å². The van der Waals surface area contributed by atoms with Gasteiger partial charge in [-0.15, -0.1) is 0 Å². The number of carboxylic acids is 2. The Morgan fingerprint density at radius 1 is 1.00 bits per heavy atom. The van der Waals surface area contributed by atoms with Gasteiger partial charge in [0.25, 0.3) is 0 Å². The zero-order valence-electron chi connectivity index (χ0n) is 21.4. The lowest BCUT2D eigenvalue weighted by atomic mass is 9.91. The standard InChI is InChI=1S/C20H22Cl2N2O.C4H6O6.C2H6O/c1-23(2)13-19-16-6-4-3-5-15(16)9-10-24(19)20(25)12-14-7-8-17(21)18(22)11-14;5-1(3(7)8)2(6)4(9)10;1-2-3/h3-8,11,19H,9-10,12-13H2,1-2H3;1-2,5-6H,(H,7,8)(H,9,10);3H,2H2,1H3. The molecule has 0 spiro atoms. The van der Waals surface area contributed by atoms with Crippen molar-refractivity contribution in [2.24, 2.45) is 0 Å². The van der Waals surface area contributed by atoms with Crippen LogP contribution in [0, 0.1) is 0 Å². The van der Waals surface area contributed by atoms with Gasteiger partial charge < -0.3 is 35.3 Å². The van der Waals surface area contributed by atoms with Crippen molar-refractivity contribution in [3.05, 3.63) is 69.2 Å². The van der Waals surface area contributed by atoms with E-state index in [1.165, 1.54) is 11.1 Å². The van der Waals surface area contributed by atoms with Gasteiger partial charge in [0.05, 0.1) is 22.5 Å². The highest BCUT2D eigenvalue weighted by Crippen LogP contribution is 2.31. The largest absolute Gasteiger partial charge is 0.479 e. The zero-order valence-corrected chi connectivity index (χ0v) is 22.9. The average Bonchev–Trinajstić information content (AvgIpc) is 2.86. The van der Waals surface area contributed by atoms with Crippen molar-refractivity contribution in [1.29, 1.82) is 0 Å². The number of amides is 1. The van der Waals surface area contributed by atoms with Crippen LogP contribution in [-0.2, 0) is 27.2 Å². The van der Waals surface area contributed by atoms with Crippen LogP contribution >= 0.6 is 23.2 Å². The lowest BCUT2D eigenvalue weighted by Gasteiger charge is -2.39. The molecule has 0 aliphatic carbocycles. The molecular formula is C26H34Cl2N2O8. The molecule has 1 amide bonds. The van der Waals surface area contributed by atoms with E-state index in [0.29, 0.717) is 16.5 Å². The molecule has 3 atom stereocenters. The Bertz CT molecular complexity index is 1060. The number of rotatable bonds is 7. The van der Waals surface area contributed by atoms with Crippen LogP contribution in [0.3, 0.4) is 0 Å². The summed E-state index contributed by atoms with van der Waals surface area (Å²) in [6.07, 6.45) is -3.30. The predicted molar refractivity (Wildman–Crippen MR) is 143 cm³/mol. The van der Waals surface area contributed by atoms with E-state index in [1.807, 2.05) is 25.1 Å². The summed E-state index contributed by atoms with van der Waals surface area (Å²) in [6.45, 7) is 3.49. The summed E-state index contributed by atoms with van der Waals surface area (Å²) in [5.41, 5.74) is 3.49. The minimum absolute atomic E-state index is 0.0789. The molecule has 5 N–H and O–H groups in total. The Balaban J connectivity index is 0.000000467. The zero-order chi connectivity index (χ0) is 29.0. The van der Waals surface area contributed by atoms with Crippen molar-refractivity contribution in [3.63, 3.8) is 0 Å². The van der Waals surface area contributed by atoms with Gasteiger partial charge in [-0.3, -0.25) is 4.79 Å². The van der Waals surface area contributed by atoms with Gasteiger partial charge in [-0.25, -0.2) is 9.59 Å². The number of carboxylic acid groups (broad SMARTS) is 2. The summed E-state index contributed by atoms with van der Waals surface area (Å²) in [4.78, 5) is 36.7. The van der Waals surface area contributed by atoms with E-state index in [2.05, 4.69) is 29.2 Å². The second-order valence-electron chi connectivity index (χ2n) is 8.62. The van der Waals surface area contributed by atoms with E-state index in [-0.39, 0.29) is 18.6 Å². The quantitative estimate of drug-likeness (QED) is 0.334. The minimum atomic E-state index is -2.27. The molecule has 0 bridgehead atoms. The number of nitrogens with zero attached hydrogens (tertiary/aromatic N) is 2. The average molecular weight is 573 g/mol. The molecule has 3 unspecified atom stereocenters. The normalized spacial score (nSPS) is 15.7. The van der Waals surface area contributed by atoms with Gasteiger partial charge in [0.15, 0.2) is 12.2 Å². The number of aliphatic hydroxyl groups is 3. The molecule has 38 heavy (non-hydrogen) atoms. The van der Waals surface area contributed by atoms with E-state index in [9.17, 15) is 14.4 Å².